The molecule has 1 aromatic rings. The molecule has 2 heterocycles. The third-order valence-corrected chi connectivity index (χ3v) is 5.98. The summed E-state index contributed by atoms with van der Waals surface area (Å²) in [6, 6.07) is 6.34. The lowest BCUT2D eigenvalue weighted by molar-refractivity contribution is -0.113. The van der Waals surface area contributed by atoms with Crippen molar-refractivity contribution in [1.82, 2.24) is 4.98 Å². The molecular formula is C17H24N2O. The summed E-state index contributed by atoms with van der Waals surface area (Å²) in [5.41, 5.74) is 7.69. The molecule has 1 aliphatic heterocycles. The predicted molar refractivity (Wildman–Crippen MR) is 78.3 cm³/mol. The summed E-state index contributed by atoms with van der Waals surface area (Å²) in [6.07, 6.45) is 7.88. The largest absolute Gasteiger partial charge is 0.375 e. The Morgan fingerprint density at radius 2 is 2.15 bits per heavy atom. The van der Waals surface area contributed by atoms with E-state index in [-0.39, 0.29) is 17.1 Å². The van der Waals surface area contributed by atoms with Gasteiger partial charge in [-0.15, -0.1) is 0 Å². The molecule has 0 radical (unpaired) electrons. The molecule has 1 aromatic heterocycles. The van der Waals surface area contributed by atoms with E-state index in [1.54, 1.807) is 0 Å². The summed E-state index contributed by atoms with van der Waals surface area (Å²) in [7, 11) is 0. The van der Waals surface area contributed by atoms with Gasteiger partial charge in [0, 0.05) is 30.0 Å². The Labute approximate surface area is 120 Å². The van der Waals surface area contributed by atoms with E-state index in [1.165, 1.54) is 25.0 Å². The molecule has 4 atom stereocenters. The van der Waals surface area contributed by atoms with Gasteiger partial charge in [0.25, 0.3) is 0 Å². The van der Waals surface area contributed by atoms with Gasteiger partial charge in [-0.25, -0.2) is 0 Å². The summed E-state index contributed by atoms with van der Waals surface area (Å²) < 4.78 is 6.27. The highest BCUT2D eigenvalue weighted by Crippen LogP contribution is 2.61. The average Bonchev–Trinajstić information content (AvgIpc) is 3.08. The maximum absolute atomic E-state index is 6.44. The molecule has 0 aromatic carbocycles. The van der Waals surface area contributed by atoms with Crippen LogP contribution >= 0.6 is 0 Å². The SMILES string of the molecule is CC(N)C1(c2ccccn2)CCOC2(CC3CC3C2)C1. The maximum atomic E-state index is 6.44. The van der Waals surface area contributed by atoms with Gasteiger partial charge in [-0.3, -0.25) is 4.98 Å². The van der Waals surface area contributed by atoms with E-state index in [0.29, 0.717) is 0 Å². The first-order valence-corrected chi connectivity index (χ1v) is 7.95. The highest BCUT2D eigenvalue weighted by atomic mass is 16.5. The van der Waals surface area contributed by atoms with E-state index in [2.05, 4.69) is 24.0 Å². The van der Waals surface area contributed by atoms with Gasteiger partial charge >= 0.3 is 0 Å². The molecule has 20 heavy (non-hydrogen) atoms. The van der Waals surface area contributed by atoms with Gasteiger partial charge in [0.1, 0.15) is 0 Å². The lowest BCUT2D eigenvalue weighted by atomic mass is 9.65. The topological polar surface area (TPSA) is 48.1 Å². The molecule has 1 saturated heterocycles. The van der Waals surface area contributed by atoms with Crippen LogP contribution in [0, 0.1) is 11.8 Å². The maximum Gasteiger partial charge on any atom is 0.0697 e. The van der Waals surface area contributed by atoms with E-state index in [1.807, 2.05) is 12.3 Å². The summed E-state index contributed by atoms with van der Waals surface area (Å²) in [4.78, 5) is 4.65. The Morgan fingerprint density at radius 1 is 1.35 bits per heavy atom. The Morgan fingerprint density at radius 3 is 2.80 bits per heavy atom. The van der Waals surface area contributed by atoms with Crippen molar-refractivity contribution in [3.8, 4) is 0 Å². The van der Waals surface area contributed by atoms with Gasteiger partial charge in [0.15, 0.2) is 0 Å². The molecule has 108 valence electrons. The summed E-state index contributed by atoms with van der Waals surface area (Å²) in [6.45, 7) is 2.97. The number of ether oxygens (including phenoxy) is 1. The average molecular weight is 272 g/mol. The lowest BCUT2D eigenvalue weighted by Crippen LogP contribution is -2.54. The minimum absolute atomic E-state index is 0.00368. The van der Waals surface area contributed by atoms with E-state index in [4.69, 9.17) is 10.5 Å². The van der Waals surface area contributed by atoms with E-state index in [0.717, 1.165) is 31.3 Å². The zero-order valence-corrected chi connectivity index (χ0v) is 12.2. The van der Waals surface area contributed by atoms with Crippen molar-refractivity contribution < 1.29 is 4.74 Å². The van der Waals surface area contributed by atoms with Crippen LogP contribution in [0.1, 0.15) is 44.7 Å². The number of pyridine rings is 1. The molecule has 2 N–H and O–H groups in total. The second kappa shape index (κ2) is 4.28. The fourth-order valence-corrected chi connectivity index (χ4v) is 4.77. The van der Waals surface area contributed by atoms with Crippen LogP contribution in [0.5, 0.6) is 0 Å². The number of hydrogen-bond acceptors (Lipinski definition) is 3. The number of nitrogens with two attached hydrogens (primary N) is 1. The first-order chi connectivity index (χ1) is 9.64. The van der Waals surface area contributed by atoms with Gasteiger partial charge in [0.05, 0.1) is 5.60 Å². The Kier molecular flexibility index (Phi) is 2.74. The molecule has 0 amide bonds. The minimum atomic E-state index is -0.00368. The van der Waals surface area contributed by atoms with Crippen molar-refractivity contribution in [2.45, 2.75) is 56.1 Å². The molecule has 3 nitrogen and oxygen atoms in total. The van der Waals surface area contributed by atoms with Crippen molar-refractivity contribution >= 4 is 0 Å². The molecule has 4 rings (SSSR count). The monoisotopic (exact) mass is 272 g/mol. The van der Waals surface area contributed by atoms with Crippen molar-refractivity contribution in [3.05, 3.63) is 30.1 Å². The fraction of sp³-hybridized carbons (Fsp3) is 0.706. The molecule has 2 aliphatic carbocycles. The lowest BCUT2D eigenvalue weighted by Gasteiger charge is -2.49. The van der Waals surface area contributed by atoms with Crippen LogP contribution in [0.15, 0.2) is 24.4 Å². The van der Waals surface area contributed by atoms with Crippen molar-refractivity contribution in [2.24, 2.45) is 17.6 Å². The molecule has 3 heteroatoms. The second-order valence-corrected chi connectivity index (χ2v) is 7.28. The summed E-state index contributed by atoms with van der Waals surface area (Å²) in [5, 5.41) is 0. The van der Waals surface area contributed by atoms with Crippen molar-refractivity contribution in [3.63, 3.8) is 0 Å². The van der Waals surface area contributed by atoms with Crippen LogP contribution < -0.4 is 5.73 Å². The first-order valence-electron chi connectivity index (χ1n) is 7.95. The third-order valence-electron chi connectivity index (χ3n) is 5.98. The predicted octanol–water partition coefficient (Wildman–Crippen LogP) is 2.65. The van der Waals surface area contributed by atoms with E-state index >= 15 is 0 Å². The van der Waals surface area contributed by atoms with Crippen LogP contribution in [0.4, 0.5) is 0 Å². The molecule has 3 aliphatic rings. The molecule has 0 bridgehead atoms. The van der Waals surface area contributed by atoms with Gasteiger partial charge in [0.2, 0.25) is 0 Å². The van der Waals surface area contributed by atoms with Crippen LogP contribution in [-0.4, -0.2) is 23.2 Å². The summed E-state index contributed by atoms with van der Waals surface area (Å²) in [5.74, 6) is 1.87. The Bertz CT molecular complexity index is 491. The Hall–Kier alpha value is -0.930. The number of fused-ring (bicyclic) bond motifs is 1. The normalized spacial score (nSPS) is 44.3. The molecule has 3 fully saturated rings. The smallest absolute Gasteiger partial charge is 0.0697 e. The molecule has 1 spiro atoms. The van der Waals surface area contributed by atoms with Gasteiger partial charge in [-0.05, 0) is 63.0 Å². The van der Waals surface area contributed by atoms with Crippen LogP contribution in [0.3, 0.4) is 0 Å². The highest BCUT2D eigenvalue weighted by Gasteiger charge is 2.59. The zero-order chi connectivity index (χ0) is 13.8. The van der Waals surface area contributed by atoms with E-state index < -0.39 is 0 Å². The van der Waals surface area contributed by atoms with Gasteiger partial charge in [-0.1, -0.05) is 6.07 Å². The minimum Gasteiger partial charge on any atom is -0.375 e. The standard InChI is InChI=1S/C17H24N2O/c1-12(18)17(15-4-2-3-6-19-15)5-7-20-16(11-17)9-13-8-14(13)10-16/h2-4,6,12-14H,5,7-11,18H2,1H3. The number of nitrogens with zero attached hydrogens (tertiary/aromatic N) is 1. The van der Waals surface area contributed by atoms with Gasteiger partial charge in [-0.2, -0.15) is 0 Å². The van der Waals surface area contributed by atoms with Crippen molar-refractivity contribution in [1.29, 1.82) is 0 Å². The van der Waals surface area contributed by atoms with Gasteiger partial charge < -0.3 is 10.5 Å². The number of rotatable bonds is 2. The van der Waals surface area contributed by atoms with Crippen LogP contribution in [-0.2, 0) is 10.2 Å². The van der Waals surface area contributed by atoms with Crippen LogP contribution in [0.25, 0.3) is 0 Å². The third kappa shape index (κ3) is 1.83. The van der Waals surface area contributed by atoms with E-state index in [9.17, 15) is 0 Å². The molecule has 4 unspecified atom stereocenters. The zero-order valence-electron chi connectivity index (χ0n) is 12.2. The first kappa shape index (κ1) is 12.8. The second-order valence-electron chi connectivity index (χ2n) is 7.28. The molecular weight excluding hydrogens is 248 g/mol. The number of hydrogen-bond donors (Lipinski definition) is 1. The highest BCUT2D eigenvalue weighted by molar-refractivity contribution is 5.24. The van der Waals surface area contributed by atoms with Crippen LogP contribution in [0.2, 0.25) is 0 Å². The Balaban J connectivity index is 1.69. The summed E-state index contributed by atoms with van der Waals surface area (Å²) >= 11 is 0. The molecule has 2 saturated carbocycles. The fourth-order valence-electron chi connectivity index (χ4n) is 4.77. The number of aromatic nitrogens is 1. The quantitative estimate of drug-likeness (QED) is 0.900. The van der Waals surface area contributed by atoms with Crippen molar-refractivity contribution in [2.75, 3.05) is 6.61 Å².